The van der Waals surface area contributed by atoms with Gasteiger partial charge < -0.3 is 9.84 Å². The Morgan fingerprint density at radius 3 is 2.78 bits per heavy atom. The summed E-state index contributed by atoms with van der Waals surface area (Å²) in [5, 5.41) is 10.5. The highest BCUT2D eigenvalue weighted by Crippen LogP contribution is 2.36. The number of hydrogen-bond donors (Lipinski definition) is 1. The highest BCUT2D eigenvalue weighted by Gasteiger charge is 2.19. The highest BCUT2D eigenvalue weighted by molar-refractivity contribution is 9.10. The number of benzene rings is 1. The minimum atomic E-state index is -0.566. The average Bonchev–Trinajstić information content (AvgIpc) is 2.93. The summed E-state index contributed by atoms with van der Waals surface area (Å²) in [5.74, 6) is 0. The Morgan fingerprint density at radius 1 is 1.28 bits per heavy atom. The molecule has 0 radical (unpaired) electrons. The monoisotopic (exact) mass is 324 g/mol. The topological polar surface area (TPSA) is 29.5 Å². The van der Waals surface area contributed by atoms with Crippen LogP contribution in [0.5, 0.6) is 0 Å². The van der Waals surface area contributed by atoms with Crippen LogP contribution in [0.15, 0.2) is 28.7 Å². The number of rotatable bonds is 2. The van der Waals surface area contributed by atoms with Crippen LogP contribution in [0.25, 0.3) is 0 Å². The Morgan fingerprint density at radius 2 is 2.06 bits per heavy atom. The van der Waals surface area contributed by atoms with Crippen molar-refractivity contribution in [3.63, 3.8) is 0 Å². The maximum Gasteiger partial charge on any atom is 0.114 e. The van der Waals surface area contributed by atoms with E-state index in [1.165, 1.54) is 16.0 Å². The van der Waals surface area contributed by atoms with Gasteiger partial charge in [-0.05, 0) is 45.6 Å². The summed E-state index contributed by atoms with van der Waals surface area (Å²) in [4.78, 5) is 2.16. The van der Waals surface area contributed by atoms with E-state index in [0.717, 1.165) is 14.9 Å². The first-order valence-corrected chi connectivity index (χ1v) is 7.39. The molecule has 1 unspecified atom stereocenters. The van der Waals surface area contributed by atoms with E-state index in [1.54, 1.807) is 11.3 Å². The van der Waals surface area contributed by atoms with Crippen molar-refractivity contribution < 1.29 is 9.84 Å². The molecule has 0 saturated heterocycles. The van der Waals surface area contributed by atoms with E-state index in [0.29, 0.717) is 13.2 Å². The van der Waals surface area contributed by atoms with Crippen LogP contribution in [0, 0.1) is 6.92 Å². The van der Waals surface area contributed by atoms with E-state index in [-0.39, 0.29) is 0 Å². The molecular weight excluding hydrogens is 312 g/mol. The van der Waals surface area contributed by atoms with E-state index in [1.807, 2.05) is 19.1 Å². The van der Waals surface area contributed by atoms with Crippen LogP contribution in [-0.2, 0) is 18.0 Å². The molecule has 2 aromatic rings. The van der Waals surface area contributed by atoms with Crippen molar-refractivity contribution in [2.75, 3.05) is 0 Å². The minimum Gasteiger partial charge on any atom is -0.383 e. The molecule has 1 aromatic carbocycles. The number of aliphatic hydroxyl groups excluding tert-OH is 1. The Kier molecular flexibility index (Phi) is 3.28. The van der Waals surface area contributed by atoms with E-state index in [9.17, 15) is 5.11 Å². The molecule has 0 amide bonds. The van der Waals surface area contributed by atoms with Crippen LogP contribution in [0.3, 0.4) is 0 Å². The molecule has 1 N–H and O–H groups in total. The van der Waals surface area contributed by atoms with E-state index >= 15 is 0 Å². The zero-order valence-electron chi connectivity index (χ0n) is 9.94. The molecule has 2 heterocycles. The van der Waals surface area contributed by atoms with E-state index in [4.69, 9.17) is 4.74 Å². The highest BCUT2D eigenvalue weighted by atomic mass is 79.9. The summed E-state index contributed by atoms with van der Waals surface area (Å²) in [5.41, 5.74) is 3.35. The van der Waals surface area contributed by atoms with Crippen LogP contribution >= 0.6 is 27.3 Å². The molecule has 3 rings (SSSR count). The Labute approximate surface area is 118 Å². The lowest BCUT2D eigenvalue weighted by atomic mass is 10.0. The van der Waals surface area contributed by atoms with Crippen molar-refractivity contribution in [1.82, 2.24) is 0 Å². The van der Waals surface area contributed by atoms with Gasteiger partial charge in [0.2, 0.25) is 0 Å². The molecule has 1 aromatic heterocycles. The molecule has 1 atom stereocenters. The molecule has 0 aliphatic carbocycles. The van der Waals surface area contributed by atoms with Gasteiger partial charge in [0.05, 0.1) is 18.1 Å². The van der Waals surface area contributed by atoms with Crippen molar-refractivity contribution in [3.8, 4) is 0 Å². The lowest BCUT2D eigenvalue weighted by molar-refractivity contribution is 0.134. The predicted molar refractivity (Wildman–Crippen MR) is 75.8 cm³/mol. The van der Waals surface area contributed by atoms with Gasteiger partial charge in [0, 0.05) is 9.35 Å². The average molecular weight is 325 g/mol. The lowest BCUT2D eigenvalue weighted by Gasteiger charge is -2.11. The van der Waals surface area contributed by atoms with Crippen molar-refractivity contribution in [2.45, 2.75) is 26.2 Å². The Bertz CT molecular complexity index is 591. The van der Waals surface area contributed by atoms with E-state index < -0.39 is 6.10 Å². The summed E-state index contributed by atoms with van der Waals surface area (Å²) < 4.78 is 6.38. The number of aliphatic hydroxyl groups is 1. The van der Waals surface area contributed by atoms with Crippen molar-refractivity contribution in [2.24, 2.45) is 0 Å². The van der Waals surface area contributed by atoms with Crippen LogP contribution < -0.4 is 0 Å². The molecule has 0 spiro atoms. The van der Waals surface area contributed by atoms with Gasteiger partial charge in [0.25, 0.3) is 0 Å². The molecule has 1 aliphatic heterocycles. The standard InChI is InChI=1S/C14H13BrO2S/c1-8-4-12(15)14(18-8)13(16)9-2-3-10-6-17-7-11(10)5-9/h2-5,13,16H,6-7H2,1H3. The van der Waals surface area contributed by atoms with Gasteiger partial charge in [-0.2, -0.15) is 0 Å². The summed E-state index contributed by atoms with van der Waals surface area (Å²) in [7, 11) is 0. The van der Waals surface area contributed by atoms with Gasteiger partial charge in [-0.25, -0.2) is 0 Å². The first-order chi connectivity index (χ1) is 8.65. The normalized spacial score (nSPS) is 15.7. The van der Waals surface area contributed by atoms with E-state index in [2.05, 4.69) is 28.1 Å². The van der Waals surface area contributed by atoms with Crippen molar-refractivity contribution in [3.05, 3.63) is 55.2 Å². The van der Waals surface area contributed by atoms with Crippen LogP contribution in [0.1, 0.15) is 32.5 Å². The van der Waals surface area contributed by atoms with Crippen LogP contribution in [0.4, 0.5) is 0 Å². The molecule has 2 nitrogen and oxygen atoms in total. The zero-order valence-corrected chi connectivity index (χ0v) is 12.3. The van der Waals surface area contributed by atoms with Gasteiger partial charge in [-0.15, -0.1) is 11.3 Å². The fourth-order valence-corrected chi connectivity index (χ4v) is 4.08. The van der Waals surface area contributed by atoms with Crippen molar-refractivity contribution in [1.29, 1.82) is 0 Å². The molecule has 1 aliphatic rings. The van der Waals surface area contributed by atoms with Gasteiger partial charge in [0.15, 0.2) is 0 Å². The summed E-state index contributed by atoms with van der Waals surface area (Å²) in [6.45, 7) is 3.39. The molecule has 94 valence electrons. The van der Waals surface area contributed by atoms with Gasteiger partial charge >= 0.3 is 0 Å². The first kappa shape index (κ1) is 12.4. The molecule has 0 fully saturated rings. The van der Waals surface area contributed by atoms with Gasteiger partial charge in [-0.1, -0.05) is 18.2 Å². The minimum absolute atomic E-state index is 0.566. The first-order valence-electron chi connectivity index (χ1n) is 5.78. The number of halogens is 1. The van der Waals surface area contributed by atoms with Gasteiger partial charge in [-0.3, -0.25) is 0 Å². The summed E-state index contributed by atoms with van der Waals surface area (Å²) in [6, 6.07) is 8.13. The second-order valence-electron chi connectivity index (χ2n) is 4.49. The second kappa shape index (κ2) is 4.78. The Hall–Kier alpha value is -0.680. The third kappa shape index (κ3) is 2.14. The maximum absolute atomic E-state index is 10.5. The predicted octanol–water partition coefficient (Wildman–Crippen LogP) is 3.93. The number of fused-ring (bicyclic) bond motifs is 1. The summed E-state index contributed by atoms with van der Waals surface area (Å²) >= 11 is 5.13. The molecular formula is C14H13BrO2S. The molecule has 0 bridgehead atoms. The van der Waals surface area contributed by atoms with Crippen LogP contribution in [0.2, 0.25) is 0 Å². The maximum atomic E-state index is 10.5. The van der Waals surface area contributed by atoms with Crippen LogP contribution in [-0.4, -0.2) is 5.11 Å². The smallest absolute Gasteiger partial charge is 0.114 e. The largest absolute Gasteiger partial charge is 0.383 e. The third-order valence-electron chi connectivity index (χ3n) is 3.15. The van der Waals surface area contributed by atoms with Crippen molar-refractivity contribution >= 4 is 27.3 Å². The fourth-order valence-electron chi connectivity index (χ4n) is 2.20. The molecule has 18 heavy (non-hydrogen) atoms. The SMILES string of the molecule is Cc1cc(Br)c(C(O)c2ccc3c(c2)COC3)s1. The Balaban J connectivity index is 1.97. The number of ether oxygens (including phenoxy) is 1. The third-order valence-corrected chi connectivity index (χ3v) is 5.17. The van der Waals surface area contributed by atoms with Gasteiger partial charge in [0.1, 0.15) is 6.10 Å². The quantitative estimate of drug-likeness (QED) is 0.906. The number of thiophene rings is 1. The fraction of sp³-hybridized carbons (Fsp3) is 0.286. The molecule has 4 heteroatoms. The lowest BCUT2D eigenvalue weighted by Crippen LogP contribution is -1.99. The molecule has 0 saturated carbocycles. The summed E-state index contributed by atoms with van der Waals surface area (Å²) in [6.07, 6.45) is -0.566. The number of hydrogen-bond acceptors (Lipinski definition) is 3. The second-order valence-corrected chi connectivity index (χ2v) is 6.63. The number of aryl methyl sites for hydroxylation is 1. The zero-order chi connectivity index (χ0) is 12.7.